The molecule has 78 valence electrons. The van der Waals surface area contributed by atoms with E-state index in [1.165, 1.54) is 6.92 Å². The van der Waals surface area contributed by atoms with Gasteiger partial charge in [0.25, 0.3) is 0 Å². The molecule has 0 spiro atoms. The van der Waals surface area contributed by atoms with Gasteiger partial charge in [-0.15, -0.1) is 9.60 Å². The topological polar surface area (TPSA) is 3.24 Å². The van der Waals surface area contributed by atoms with Gasteiger partial charge < -0.3 is 0 Å². The molecule has 0 amide bonds. The molecule has 1 aromatic rings. The molecule has 0 aliphatic rings. The Bertz CT molecular complexity index is 272. The van der Waals surface area contributed by atoms with E-state index in [9.17, 15) is 8.87 Å². The molecule has 0 radical (unpaired) electrons. The van der Waals surface area contributed by atoms with E-state index in [2.05, 4.69) is 0 Å². The second-order valence-corrected chi connectivity index (χ2v) is 3.50. The van der Waals surface area contributed by atoms with Crippen LogP contribution in [0.5, 0.6) is 0 Å². The van der Waals surface area contributed by atoms with Crippen LogP contribution in [0, 0.1) is 0 Å². The standard InChI is InChI=1S/C11H15F2N/c1-3-11(2,12)14(13)9-10-7-5-4-6-8-10/h4-8H,3,9H2,1-2H3. The fourth-order valence-electron chi connectivity index (χ4n) is 1.08. The van der Waals surface area contributed by atoms with E-state index in [1.54, 1.807) is 19.1 Å². The van der Waals surface area contributed by atoms with Crippen molar-refractivity contribution < 1.29 is 8.87 Å². The quantitative estimate of drug-likeness (QED) is 0.530. The number of rotatable bonds is 4. The van der Waals surface area contributed by atoms with Crippen molar-refractivity contribution in [2.45, 2.75) is 32.6 Å². The third-order valence-corrected chi connectivity index (χ3v) is 2.32. The van der Waals surface area contributed by atoms with Crippen LogP contribution in [-0.2, 0) is 6.54 Å². The average molecular weight is 199 g/mol. The van der Waals surface area contributed by atoms with Gasteiger partial charge in [-0.05, 0) is 18.9 Å². The molecule has 0 fully saturated rings. The molecule has 0 saturated heterocycles. The van der Waals surface area contributed by atoms with Crippen molar-refractivity contribution in [3.8, 4) is 0 Å². The second-order valence-electron chi connectivity index (χ2n) is 3.50. The van der Waals surface area contributed by atoms with E-state index >= 15 is 0 Å². The van der Waals surface area contributed by atoms with Gasteiger partial charge in [0.15, 0.2) is 5.79 Å². The molecule has 0 bridgehead atoms. The Labute approximate surface area is 83.3 Å². The highest BCUT2D eigenvalue weighted by atomic mass is 19.2. The van der Waals surface area contributed by atoms with E-state index < -0.39 is 5.79 Å². The minimum atomic E-state index is -1.88. The summed E-state index contributed by atoms with van der Waals surface area (Å²) in [4.78, 5) is 0. The largest absolute Gasteiger partial charge is 0.224 e. The van der Waals surface area contributed by atoms with Gasteiger partial charge in [-0.1, -0.05) is 37.3 Å². The molecule has 0 saturated carbocycles. The van der Waals surface area contributed by atoms with E-state index in [4.69, 9.17) is 0 Å². The third-order valence-electron chi connectivity index (χ3n) is 2.32. The van der Waals surface area contributed by atoms with E-state index in [0.717, 1.165) is 5.56 Å². The number of hydrogen-bond acceptors (Lipinski definition) is 1. The molecular weight excluding hydrogens is 184 g/mol. The minimum absolute atomic E-state index is 0.0122. The van der Waals surface area contributed by atoms with Crippen LogP contribution in [0.2, 0.25) is 0 Å². The summed E-state index contributed by atoms with van der Waals surface area (Å²) in [6.45, 7) is 2.86. The zero-order valence-corrected chi connectivity index (χ0v) is 8.50. The highest BCUT2D eigenvalue weighted by Gasteiger charge is 2.29. The second kappa shape index (κ2) is 4.51. The van der Waals surface area contributed by atoms with E-state index in [0.29, 0.717) is 0 Å². The van der Waals surface area contributed by atoms with Crippen molar-refractivity contribution in [2.75, 3.05) is 0 Å². The van der Waals surface area contributed by atoms with Gasteiger partial charge in [-0.2, -0.15) is 0 Å². The SMILES string of the molecule is CCC(C)(F)N(F)Cc1ccccc1. The summed E-state index contributed by atoms with van der Waals surface area (Å²) in [7, 11) is 0. The first-order valence-corrected chi connectivity index (χ1v) is 4.72. The summed E-state index contributed by atoms with van der Waals surface area (Å²) in [6, 6.07) is 9.02. The molecule has 1 nitrogen and oxygen atoms in total. The molecule has 1 aromatic carbocycles. The molecule has 0 aromatic heterocycles. The zero-order chi connectivity index (χ0) is 10.6. The molecular formula is C11H15F2N. The summed E-state index contributed by atoms with van der Waals surface area (Å²) < 4.78 is 26.8. The average Bonchev–Trinajstić information content (AvgIpc) is 2.19. The molecule has 14 heavy (non-hydrogen) atoms. The number of benzene rings is 1. The van der Waals surface area contributed by atoms with Gasteiger partial charge in [0.1, 0.15) is 0 Å². The van der Waals surface area contributed by atoms with E-state index in [-0.39, 0.29) is 18.1 Å². The Morgan fingerprint density at radius 1 is 1.29 bits per heavy atom. The van der Waals surface area contributed by atoms with E-state index in [1.807, 2.05) is 18.2 Å². The lowest BCUT2D eigenvalue weighted by Crippen LogP contribution is -2.35. The highest BCUT2D eigenvalue weighted by Crippen LogP contribution is 2.23. The zero-order valence-electron chi connectivity index (χ0n) is 8.50. The lowest BCUT2D eigenvalue weighted by atomic mass is 10.2. The lowest BCUT2D eigenvalue weighted by Gasteiger charge is -2.25. The fraction of sp³-hybridized carbons (Fsp3) is 0.455. The Hall–Kier alpha value is -0.960. The Morgan fingerprint density at radius 3 is 2.36 bits per heavy atom. The van der Waals surface area contributed by atoms with Crippen LogP contribution in [0.25, 0.3) is 0 Å². The maximum Gasteiger partial charge on any atom is 0.187 e. The number of alkyl halides is 1. The molecule has 0 N–H and O–H groups in total. The maximum absolute atomic E-state index is 13.4. The third kappa shape index (κ3) is 2.77. The number of hydrogen-bond donors (Lipinski definition) is 0. The summed E-state index contributed by atoms with van der Waals surface area (Å²) in [5, 5.41) is 0.238. The molecule has 0 aliphatic heterocycles. The first-order valence-electron chi connectivity index (χ1n) is 4.72. The molecule has 3 heteroatoms. The van der Waals surface area contributed by atoms with Crippen molar-refractivity contribution in [3.05, 3.63) is 35.9 Å². The van der Waals surface area contributed by atoms with Crippen LogP contribution in [0.3, 0.4) is 0 Å². The summed E-state index contributed by atoms with van der Waals surface area (Å²) in [6.07, 6.45) is 0.135. The van der Waals surface area contributed by atoms with Crippen LogP contribution in [-0.4, -0.2) is 10.9 Å². The van der Waals surface area contributed by atoms with Crippen molar-refractivity contribution >= 4 is 0 Å². The van der Waals surface area contributed by atoms with Gasteiger partial charge in [0.2, 0.25) is 0 Å². The molecule has 1 unspecified atom stereocenters. The fourth-order valence-corrected chi connectivity index (χ4v) is 1.08. The monoisotopic (exact) mass is 199 g/mol. The van der Waals surface area contributed by atoms with Gasteiger partial charge in [-0.25, -0.2) is 4.39 Å². The Morgan fingerprint density at radius 2 is 1.86 bits per heavy atom. The summed E-state index contributed by atoms with van der Waals surface area (Å²) in [5.74, 6) is -1.88. The number of halogens is 2. The molecule has 1 rings (SSSR count). The number of nitrogens with zero attached hydrogens (tertiary/aromatic N) is 1. The van der Waals surface area contributed by atoms with Crippen LogP contribution in [0.4, 0.5) is 8.87 Å². The smallest absolute Gasteiger partial charge is 0.187 e. The van der Waals surface area contributed by atoms with Gasteiger partial charge in [0.05, 0.1) is 6.54 Å². The summed E-state index contributed by atoms with van der Waals surface area (Å²) >= 11 is 0. The predicted molar refractivity (Wildman–Crippen MR) is 52.9 cm³/mol. The summed E-state index contributed by atoms with van der Waals surface area (Å²) in [5.41, 5.74) is 0.771. The first kappa shape index (κ1) is 11.1. The van der Waals surface area contributed by atoms with Crippen molar-refractivity contribution in [2.24, 2.45) is 0 Å². The molecule has 1 atom stereocenters. The lowest BCUT2D eigenvalue weighted by molar-refractivity contribution is -0.156. The van der Waals surface area contributed by atoms with Gasteiger partial charge >= 0.3 is 0 Å². The Balaban J connectivity index is 2.62. The van der Waals surface area contributed by atoms with Crippen LogP contribution in [0.1, 0.15) is 25.8 Å². The van der Waals surface area contributed by atoms with Crippen molar-refractivity contribution in [1.82, 2.24) is 5.12 Å². The predicted octanol–water partition coefficient (Wildman–Crippen LogP) is 3.47. The molecule has 0 heterocycles. The minimum Gasteiger partial charge on any atom is -0.224 e. The first-order chi connectivity index (χ1) is 6.56. The van der Waals surface area contributed by atoms with Crippen LogP contribution < -0.4 is 0 Å². The highest BCUT2D eigenvalue weighted by molar-refractivity contribution is 5.14. The molecule has 0 aliphatic carbocycles. The maximum atomic E-state index is 13.4. The van der Waals surface area contributed by atoms with Crippen LogP contribution in [0.15, 0.2) is 30.3 Å². The van der Waals surface area contributed by atoms with Crippen molar-refractivity contribution in [3.63, 3.8) is 0 Å². The Kier molecular flexibility index (Phi) is 3.58. The normalized spacial score (nSPS) is 15.5. The van der Waals surface area contributed by atoms with Crippen LogP contribution >= 0.6 is 0 Å². The van der Waals surface area contributed by atoms with Gasteiger partial charge in [-0.3, -0.25) is 0 Å². The van der Waals surface area contributed by atoms with Crippen molar-refractivity contribution in [1.29, 1.82) is 0 Å². The van der Waals surface area contributed by atoms with Gasteiger partial charge in [0, 0.05) is 0 Å².